The number of thiazole rings is 1. The first kappa shape index (κ1) is 14.6. The maximum atomic E-state index is 12.9. The van der Waals surface area contributed by atoms with E-state index in [-0.39, 0.29) is 24.3 Å². The Kier molecular flexibility index (Phi) is 4.81. The van der Waals surface area contributed by atoms with E-state index in [1.807, 2.05) is 18.9 Å². The van der Waals surface area contributed by atoms with Crippen LogP contribution in [0.4, 0.5) is 9.52 Å². The van der Waals surface area contributed by atoms with E-state index in [4.69, 9.17) is 0 Å². The quantitative estimate of drug-likeness (QED) is 0.922. The van der Waals surface area contributed by atoms with E-state index < -0.39 is 0 Å². The number of aromatic nitrogens is 1. The SMILES string of the molecule is C[C@H](c1ccc(F)cc1)N(C)CC(=O)Nc1nccs1. The lowest BCUT2D eigenvalue weighted by molar-refractivity contribution is -0.117. The fraction of sp³-hybridized carbons (Fsp3) is 0.286. The highest BCUT2D eigenvalue weighted by Gasteiger charge is 2.15. The Hall–Kier alpha value is -1.79. The van der Waals surface area contributed by atoms with Crippen LogP contribution in [0.15, 0.2) is 35.8 Å². The predicted octanol–water partition coefficient (Wildman–Crippen LogP) is 2.91. The predicted molar refractivity (Wildman–Crippen MR) is 78.2 cm³/mol. The van der Waals surface area contributed by atoms with Gasteiger partial charge >= 0.3 is 0 Å². The highest BCUT2D eigenvalue weighted by Crippen LogP contribution is 2.19. The molecule has 1 atom stereocenters. The number of nitrogens with one attached hydrogen (secondary N) is 1. The zero-order valence-corrected chi connectivity index (χ0v) is 12.2. The molecule has 0 bridgehead atoms. The summed E-state index contributed by atoms with van der Waals surface area (Å²) in [5.41, 5.74) is 0.968. The van der Waals surface area contributed by atoms with E-state index >= 15 is 0 Å². The van der Waals surface area contributed by atoms with Crippen molar-refractivity contribution in [3.8, 4) is 0 Å². The molecule has 2 rings (SSSR count). The minimum atomic E-state index is -0.259. The first-order chi connectivity index (χ1) is 9.56. The molecular formula is C14H16FN3OS. The van der Waals surface area contributed by atoms with E-state index in [9.17, 15) is 9.18 Å². The van der Waals surface area contributed by atoms with Gasteiger partial charge in [0.25, 0.3) is 0 Å². The molecule has 106 valence electrons. The van der Waals surface area contributed by atoms with Crippen molar-refractivity contribution in [2.45, 2.75) is 13.0 Å². The Morgan fingerprint density at radius 3 is 2.75 bits per heavy atom. The van der Waals surface area contributed by atoms with Crippen LogP contribution in [-0.4, -0.2) is 29.4 Å². The van der Waals surface area contributed by atoms with Gasteiger partial charge < -0.3 is 5.32 Å². The smallest absolute Gasteiger partial charge is 0.240 e. The van der Waals surface area contributed by atoms with Crippen molar-refractivity contribution in [1.29, 1.82) is 0 Å². The number of likely N-dealkylation sites (N-methyl/N-ethyl adjacent to an activating group) is 1. The molecule has 1 aromatic carbocycles. The molecule has 0 saturated carbocycles. The van der Waals surface area contributed by atoms with Crippen LogP contribution in [0.3, 0.4) is 0 Å². The van der Waals surface area contributed by atoms with Gasteiger partial charge in [-0.3, -0.25) is 9.69 Å². The number of nitrogens with zero attached hydrogens (tertiary/aromatic N) is 2. The van der Waals surface area contributed by atoms with Gasteiger partial charge in [0.2, 0.25) is 5.91 Å². The summed E-state index contributed by atoms with van der Waals surface area (Å²) >= 11 is 1.38. The molecule has 0 saturated heterocycles. The molecule has 4 nitrogen and oxygen atoms in total. The summed E-state index contributed by atoms with van der Waals surface area (Å²) < 4.78 is 12.9. The third-order valence-electron chi connectivity index (χ3n) is 3.09. The monoisotopic (exact) mass is 293 g/mol. The van der Waals surface area contributed by atoms with Crippen LogP contribution >= 0.6 is 11.3 Å². The summed E-state index contributed by atoms with van der Waals surface area (Å²) in [6.07, 6.45) is 1.64. The molecule has 1 N–H and O–H groups in total. The molecule has 0 unspecified atom stereocenters. The number of carbonyl (C=O) groups excluding carboxylic acids is 1. The number of anilines is 1. The van der Waals surface area contributed by atoms with E-state index in [0.29, 0.717) is 5.13 Å². The minimum absolute atomic E-state index is 0.0256. The molecule has 1 heterocycles. The zero-order chi connectivity index (χ0) is 14.5. The molecule has 0 spiro atoms. The Morgan fingerprint density at radius 2 is 2.15 bits per heavy atom. The molecule has 0 radical (unpaired) electrons. The van der Waals surface area contributed by atoms with Gasteiger partial charge in [-0.2, -0.15) is 0 Å². The van der Waals surface area contributed by atoms with Gasteiger partial charge in [-0.05, 0) is 31.7 Å². The van der Waals surface area contributed by atoms with E-state index in [0.717, 1.165) is 5.56 Å². The summed E-state index contributed by atoms with van der Waals surface area (Å²) in [7, 11) is 1.86. The van der Waals surface area contributed by atoms with Crippen molar-refractivity contribution in [1.82, 2.24) is 9.88 Å². The topological polar surface area (TPSA) is 45.2 Å². The van der Waals surface area contributed by atoms with Gasteiger partial charge in [-0.25, -0.2) is 9.37 Å². The van der Waals surface area contributed by atoms with Crippen molar-refractivity contribution < 1.29 is 9.18 Å². The van der Waals surface area contributed by atoms with Crippen LogP contribution in [0.1, 0.15) is 18.5 Å². The summed E-state index contributed by atoms with van der Waals surface area (Å²) in [5.74, 6) is -0.374. The molecule has 6 heteroatoms. The van der Waals surface area contributed by atoms with Gasteiger partial charge in [0.15, 0.2) is 5.13 Å². The molecule has 0 aliphatic heterocycles. The fourth-order valence-electron chi connectivity index (χ4n) is 1.80. The van der Waals surface area contributed by atoms with Gasteiger partial charge in [0.1, 0.15) is 5.82 Å². The number of amides is 1. The molecule has 2 aromatic rings. The second-order valence-corrected chi connectivity index (χ2v) is 5.42. The second kappa shape index (κ2) is 6.58. The van der Waals surface area contributed by atoms with Crippen LogP contribution in [0.5, 0.6) is 0 Å². The normalized spacial score (nSPS) is 12.4. The number of benzene rings is 1. The van der Waals surface area contributed by atoms with Crippen LogP contribution in [0.25, 0.3) is 0 Å². The summed E-state index contributed by atoms with van der Waals surface area (Å²) in [4.78, 5) is 17.8. The molecule has 1 amide bonds. The Morgan fingerprint density at radius 1 is 1.45 bits per heavy atom. The van der Waals surface area contributed by atoms with Crippen molar-refractivity contribution in [2.75, 3.05) is 18.9 Å². The summed E-state index contributed by atoms with van der Waals surface area (Å²) in [6, 6.07) is 6.34. The average molecular weight is 293 g/mol. The number of hydrogen-bond acceptors (Lipinski definition) is 4. The molecule has 0 fully saturated rings. The van der Waals surface area contributed by atoms with Gasteiger partial charge in [0, 0.05) is 17.6 Å². The maximum Gasteiger partial charge on any atom is 0.240 e. The molecule has 0 aliphatic carbocycles. The standard InChI is InChI=1S/C14H16FN3OS/c1-10(11-3-5-12(15)6-4-11)18(2)9-13(19)17-14-16-7-8-20-14/h3-8,10H,9H2,1-2H3,(H,16,17,19)/t10-/m1/s1. The van der Waals surface area contributed by atoms with Gasteiger partial charge in [-0.15, -0.1) is 11.3 Å². The lowest BCUT2D eigenvalue weighted by atomic mass is 10.1. The summed E-state index contributed by atoms with van der Waals surface area (Å²) in [5, 5.41) is 5.14. The second-order valence-electron chi connectivity index (χ2n) is 4.53. The zero-order valence-electron chi connectivity index (χ0n) is 11.3. The third-order valence-corrected chi connectivity index (χ3v) is 3.77. The van der Waals surface area contributed by atoms with Gasteiger partial charge in [-0.1, -0.05) is 12.1 Å². The minimum Gasteiger partial charge on any atom is -0.301 e. The van der Waals surface area contributed by atoms with Crippen molar-refractivity contribution in [3.05, 3.63) is 47.2 Å². The molecule has 20 heavy (non-hydrogen) atoms. The number of rotatable bonds is 5. The lowest BCUT2D eigenvalue weighted by Gasteiger charge is -2.24. The van der Waals surface area contributed by atoms with Crippen molar-refractivity contribution in [2.24, 2.45) is 0 Å². The number of hydrogen-bond donors (Lipinski definition) is 1. The Bertz CT molecular complexity index is 556. The van der Waals surface area contributed by atoms with Crippen LogP contribution < -0.4 is 5.32 Å². The lowest BCUT2D eigenvalue weighted by Crippen LogP contribution is -2.32. The van der Waals surface area contributed by atoms with E-state index in [1.165, 1.54) is 23.5 Å². The Balaban J connectivity index is 1.91. The highest BCUT2D eigenvalue weighted by atomic mass is 32.1. The van der Waals surface area contributed by atoms with E-state index in [1.54, 1.807) is 23.7 Å². The number of halogens is 1. The third kappa shape index (κ3) is 3.85. The fourth-order valence-corrected chi connectivity index (χ4v) is 2.35. The molecule has 0 aliphatic rings. The summed E-state index contributed by atoms with van der Waals surface area (Å²) in [6.45, 7) is 2.22. The van der Waals surface area contributed by atoms with Crippen LogP contribution in [-0.2, 0) is 4.79 Å². The Labute approximate surface area is 121 Å². The molecular weight excluding hydrogens is 277 g/mol. The van der Waals surface area contributed by atoms with E-state index in [2.05, 4.69) is 10.3 Å². The number of carbonyl (C=O) groups is 1. The average Bonchev–Trinajstić information content (AvgIpc) is 2.91. The first-order valence-electron chi connectivity index (χ1n) is 6.21. The largest absolute Gasteiger partial charge is 0.301 e. The highest BCUT2D eigenvalue weighted by molar-refractivity contribution is 7.13. The first-order valence-corrected chi connectivity index (χ1v) is 7.09. The molecule has 1 aromatic heterocycles. The van der Waals surface area contributed by atoms with Crippen molar-refractivity contribution in [3.63, 3.8) is 0 Å². The van der Waals surface area contributed by atoms with Crippen LogP contribution in [0.2, 0.25) is 0 Å². The van der Waals surface area contributed by atoms with Gasteiger partial charge in [0.05, 0.1) is 6.54 Å². The van der Waals surface area contributed by atoms with Crippen LogP contribution in [0, 0.1) is 5.82 Å². The maximum absolute atomic E-state index is 12.9. The van der Waals surface area contributed by atoms with Crippen molar-refractivity contribution >= 4 is 22.4 Å².